The number of nitrogens with zero attached hydrogens (tertiary/aromatic N) is 2. The minimum absolute atomic E-state index is 0.0722. The number of ether oxygens (including phenoxy) is 1. The van der Waals surface area contributed by atoms with Crippen LogP contribution < -0.4 is 10.1 Å². The van der Waals surface area contributed by atoms with Crippen molar-refractivity contribution in [2.24, 2.45) is 0 Å². The topological polar surface area (TPSA) is 56.2 Å². The second-order valence-electron chi connectivity index (χ2n) is 7.64. The molecule has 1 amide bonds. The Morgan fingerprint density at radius 1 is 1.17 bits per heavy atom. The fourth-order valence-corrected chi connectivity index (χ4v) is 3.44. The molecule has 3 aromatic rings. The van der Waals surface area contributed by atoms with Crippen molar-refractivity contribution in [1.29, 1.82) is 0 Å². The van der Waals surface area contributed by atoms with Crippen molar-refractivity contribution in [2.75, 3.05) is 13.2 Å². The molecule has 0 atom stereocenters. The summed E-state index contributed by atoms with van der Waals surface area (Å²) in [6, 6.07) is 16.5. The molecule has 1 heterocycles. The number of imidazole rings is 1. The number of rotatable bonds is 10. The molecule has 0 aliphatic heterocycles. The molecular weight excluding hydrogens is 374 g/mol. The number of aryl methyl sites for hydroxylation is 1. The lowest BCUT2D eigenvalue weighted by atomic mass is 10.0. The van der Waals surface area contributed by atoms with Crippen LogP contribution in [-0.2, 0) is 17.8 Å². The average Bonchev–Trinajstić information content (AvgIpc) is 3.09. The summed E-state index contributed by atoms with van der Waals surface area (Å²) in [7, 11) is 0. The van der Waals surface area contributed by atoms with Gasteiger partial charge < -0.3 is 14.6 Å². The lowest BCUT2D eigenvalue weighted by Gasteiger charge is -2.11. The largest absolute Gasteiger partial charge is 0.494 e. The maximum atomic E-state index is 11.7. The van der Waals surface area contributed by atoms with Crippen molar-refractivity contribution in [1.82, 2.24) is 14.9 Å². The molecule has 0 spiro atoms. The molecule has 0 aliphatic carbocycles. The second-order valence-corrected chi connectivity index (χ2v) is 7.64. The predicted octanol–water partition coefficient (Wildman–Crippen LogP) is 4.86. The van der Waals surface area contributed by atoms with Crippen LogP contribution in [0.1, 0.15) is 44.5 Å². The van der Waals surface area contributed by atoms with Gasteiger partial charge in [-0.25, -0.2) is 4.98 Å². The van der Waals surface area contributed by atoms with Crippen LogP contribution >= 0.6 is 0 Å². The molecule has 0 saturated carbocycles. The minimum Gasteiger partial charge on any atom is -0.494 e. The number of amides is 1. The van der Waals surface area contributed by atoms with Gasteiger partial charge in [0.1, 0.15) is 11.6 Å². The van der Waals surface area contributed by atoms with Gasteiger partial charge in [0.25, 0.3) is 0 Å². The maximum absolute atomic E-state index is 11.7. The van der Waals surface area contributed by atoms with E-state index in [2.05, 4.69) is 41.9 Å². The molecule has 0 radical (unpaired) electrons. The van der Waals surface area contributed by atoms with Crippen LogP contribution in [0, 0.1) is 0 Å². The van der Waals surface area contributed by atoms with E-state index in [4.69, 9.17) is 9.72 Å². The minimum atomic E-state index is -0.0722. The molecule has 30 heavy (non-hydrogen) atoms. The van der Waals surface area contributed by atoms with Crippen molar-refractivity contribution < 1.29 is 9.53 Å². The number of hydrogen-bond acceptors (Lipinski definition) is 3. The summed E-state index contributed by atoms with van der Waals surface area (Å²) in [6.07, 6.45) is 4.84. The summed E-state index contributed by atoms with van der Waals surface area (Å²) in [5.74, 6) is 2.34. The van der Waals surface area contributed by atoms with Crippen molar-refractivity contribution in [3.63, 3.8) is 0 Å². The monoisotopic (exact) mass is 405 g/mol. The van der Waals surface area contributed by atoms with E-state index < -0.39 is 0 Å². The molecular formula is C25H31N3O2. The molecule has 3 rings (SSSR count). The highest BCUT2D eigenvalue weighted by Crippen LogP contribution is 2.20. The third-order valence-electron chi connectivity index (χ3n) is 5.04. The van der Waals surface area contributed by atoms with Crippen LogP contribution in [0.25, 0.3) is 11.0 Å². The summed E-state index contributed by atoms with van der Waals surface area (Å²) in [4.78, 5) is 16.4. The number of fused-ring (bicyclic) bond motifs is 1. The third-order valence-corrected chi connectivity index (χ3v) is 5.04. The lowest BCUT2D eigenvalue weighted by Crippen LogP contribution is -2.24. The first-order chi connectivity index (χ1) is 14.6. The number of hydrogen-bond donors (Lipinski definition) is 1. The first-order valence-corrected chi connectivity index (χ1v) is 10.7. The highest BCUT2D eigenvalue weighted by Gasteiger charge is 2.10. The van der Waals surface area contributed by atoms with E-state index >= 15 is 0 Å². The van der Waals surface area contributed by atoms with Gasteiger partial charge in [-0.15, -0.1) is 0 Å². The fourth-order valence-electron chi connectivity index (χ4n) is 3.44. The predicted molar refractivity (Wildman–Crippen MR) is 122 cm³/mol. The van der Waals surface area contributed by atoms with Gasteiger partial charge in [-0.05, 0) is 55.2 Å². The molecule has 0 unspecified atom stereocenters. The van der Waals surface area contributed by atoms with Crippen LogP contribution in [0.15, 0.2) is 60.7 Å². The zero-order valence-corrected chi connectivity index (χ0v) is 18.1. The van der Waals surface area contributed by atoms with E-state index in [9.17, 15) is 4.79 Å². The molecule has 0 aliphatic rings. The standard InChI is InChI=1S/C25H31N3O2/c1-4-8-25(29)26-16-15-24-27-22-9-5-6-10-23(22)28(24)17-7-18-30-21-13-11-20(12-14-21)19(2)3/h4-6,8-14,19H,7,15-18H2,1-3H3,(H,26,29)/b8-4+. The molecule has 0 saturated heterocycles. The number of aromatic nitrogens is 2. The highest BCUT2D eigenvalue weighted by atomic mass is 16.5. The quantitative estimate of drug-likeness (QED) is 0.387. The van der Waals surface area contributed by atoms with Gasteiger partial charge in [-0.2, -0.15) is 0 Å². The van der Waals surface area contributed by atoms with Gasteiger partial charge in [-0.1, -0.05) is 44.2 Å². The van der Waals surface area contributed by atoms with Crippen molar-refractivity contribution >= 4 is 16.9 Å². The third kappa shape index (κ3) is 5.72. The van der Waals surface area contributed by atoms with E-state index in [1.54, 1.807) is 6.08 Å². The van der Waals surface area contributed by atoms with Gasteiger partial charge >= 0.3 is 0 Å². The normalized spacial score (nSPS) is 11.5. The first kappa shape index (κ1) is 21.6. The molecule has 1 N–H and O–H groups in total. The van der Waals surface area contributed by atoms with Gasteiger partial charge in [0.2, 0.25) is 5.91 Å². The van der Waals surface area contributed by atoms with Crippen LogP contribution in [0.2, 0.25) is 0 Å². The molecule has 5 heteroatoms. The molecule has 0 fully saturated rings. The smallest absolute Gasteiger partial charge is 0.243 e. The second kappa shape index (κ2) is 10.6. The molecule has 2 aromatic carbocycles. The number of benzene rings is 2. The number of carbonyl (C=O) groups is 1. The number of nitrogens with one attached hydrogen (secondary N) is 1. The molecule has 1 aromatic heterocycles. The summed E-state index contributed by atoms with van der Waals surface area (Å²) >= 11 is 0. The molecule has 0 bridgehead atoms. The Balaban J connectivity index is 1.59. The Bertz CT molecular complexity index is 987. The van der Waals surface area contributed by atoms with Gasteiger partial charge in [0, 0.05) is 19.5 Å². The number of allylic oxidation sites excluding steroid dienone is 1. The van der Waals surface area contributed by atoms with Crippen molar-refractivity contribution in [2.45, 2.75) is 46.1 Å². The highest BCUT2D eigenvalue weighted by molar-refractivity contribution is 5.87. The van der Waals surface area contributed by atoms with Crippen LogP contribution in [0.4, 0.5) is 0 Å². The van der Waals surface area contributed by atoms with Crippen LogP contribution in [0.5, 0.6) is 5.75 Å². The fraction of sp³-hybridized carbons (Fsp3) is 0.360. The summed E-state index contributed by atoms with van der Waals surface area (Å²) in [5.41, 5.74) is 3.42. The first-order valence-electron chi connectivity index (χ1n) is 10.7. The van der Waals surface area contributed by atoms with E-state index in [1.807, 2.05) is 37.3 Å². The Labute approximate surface area is 178 Å². The number of para-hydroxylation sites is 2. The van der Waals surface area contributed by atoms with Gasteiger partial charge in [0.15, 0.2) is 0 Å². The Hall–Kier alpha value is -3.08. The van der Waals surface area contributed by atoms with Crippen molar-refractivity contribution in [3.8, 4) is 5.75 Å². The summed E-state index contributed by atoms with van der Waals surface area (Å²) in [6.45, 7) is 8.24. The van der Waals surface area contributed by atoms with Gasteiger partial charge in [0.05, 0.1) is 17.6 Å². The summed E-state index contributed by atoms with van der Waals surface area (Å²) in [5, 5.41) is 2.90. The zero-order valence-electron chi connectivity index (χ0n) is 18.1. The SMILES string of the molecule is C/C=C/C(=O)NCCc1nc2ccccc2n1CCCOc1ccc(C(C)C)cc1. The number of carbonyl (C=O) groups excluding carboxylic acids is 1. The zero-order chi connectivity index (χ0) is 21.3. The Morgan fingerprint density at radius 3 is 2.67 bits per heavy atom. The lowest BCUT2D eigenvalue weighted by molar-refractivity contribution is -0.116. The van der Waals surface area contributed by atoms with Crippen LogP contribution in [0.3, 0.4) is 0 Å². The van der Waals surface area contributed by atoms with Crippen molar-refractivity contribution in [3.05, 3.63) is 72.1 Å². The Morgan fingerprint density at radius 2 is 1.93 bits per heavy atom. The van der Waals surface area contributed by atoms with E-state index in [1.165, 1.54) is 11.6 Å². The molecule has 158 valence electrons. The van der Waals surface area contributed by atoms with Gasteiger partial charge in [-0.3, -0.25) is 4.79 Å². The Kier molecular flexibility index (Phi) is 7.66. The summed E-state index contributed by atoms with van der Waals surface area (Å²) < 4.78 is 8.17. The van der Waals surface area contributed by atoms with Crippen LogP contribution in [-0.4, -0.2) is 28.6 Å². The molecule has 5 nitrogen and oxygen atoms in total. The van der Waals surface area contributed by atoms with E-state index in [-0.39, 0.29) is 5.91 Å². The maximum Gasteiger partial charge on any atom is 0.243 e. The van der Waals surface area contributed by atoms with E-state index in [0.717, 1.165) is 35.6 Å². The average molecular weight is 406 g/mol. The van der Waals surface area contributed by atoms with E-state index in [0.29, 0.717) is 25.5 Å².